The summed E-state index contributed by atoms with van der Waals surface area (Å²) in [4.78, 5) is 11.3. The number of hydrogen-bond acceptors (Lipinski definition) is 4. The molecule has 0 fully saturated rings. The summed E-state index contributed by atoms with van der Waals surface area (Å²) in [6.07, 6.45) is 0.530. The van der Waals surface area contributed by atoms with Crippen molar-refractivity contribution in [2.24, 2.45) is 0 Å². The van der Waals surface area contributed by atoms with Crippen LogP contribution in [0.4, 0.5) is 5.69 Å². The summed E-state index contributed by atoms with van der Waals surface area (Å²) >= 11 is 0. The lowest BCUT2D eigenvalue weighted by molar-refractivity contribution is 0.0696. The highest BCUT2D eigenvalue weighted by Gasteiger charge is 2.22. The Morgan fingerprint density at radius 2 is 1.60 bits per heavy atom. The van der Waals surface area contributed by atoms with Gasteiger partial charge in [0.15, 0.2) is 0 Å². The molecule has 0 unspecified atom stereocenters. The Balaban J connectivity index is 1.84. The average molecular weight is 425 g/mol. The molecular weight excluding hydrogens is 400 g/mol. The summed E-state index contributed by atoms with van der Waals surface area (Å²) in [5.74, 6) is -1.18. The van der Waals surface area contributed by atoms with Gasteiger partial charge in [0.1, 0.15) is 4.90 Å². The average Bonchev–Trinajstić information content (AvgIpc) is 2.75. The van der Waals surface area contributed by atoms with E-state index in [0.29, 0.717) is 12.1 Å². The number of carboxylic acid groups (broad SMARTS) is 1. The molecule has 30 heavy (non-hydrogen) atoms. The first kappa shape index (κ1) is 21.5. The largest absolute Gasteiger partial charge is 0.478 e. The van der Waals surface area contributed by atoms with Crippen LogP contribution in [0, 0.1) is 0 Å². The first-order chi connectivity index (χ1) is 14.4. The second-order valence-electron chi connectivity index (χ2n) is 6.93. The maximum Gasteiger partial charge on any atom is 0.335 e. The molecule has 156 valence electrons. The molecule has 1 atom stereocenters. The Bertz CT molecular complexity index is 1100. The zero-order valence-electron chi connectivity index (χ0n) is 16.6. The number of rotatable bonds is 9. The second-order valence-corrected chi connectivity index (χ2v) is 8.66. The summed E-state index contributed by atoms with van der Waals surface area (Å²) in [5.41, 5.74) is 2.26. The van der Waals surface area contributed by atoms with Crippen molar-refractivity contribution < 1.29 is 18.3 Å². The fourth-order valence-corrected chi connectivity index (χ4v) is 4.33. The standard InChI is InChI=1S/C23H24N2O4S/c1-17(19-10-6-3-7-11-19)25-21-13-12-20(23(26)27)16-22(21)30(28,29)24-15-14-18-8-4-2-5-9-18/h2-13,16-17,24-25H,14-15H2,1H3,(H,26,27)/t17-/m1/s1. The predicted octanol–water partition coefficient (Wildman–Crippen LogP) is 4.08. The maximum atomic E-state index is 13.0. The number of aromatic carboxylic acids is 1. The third kappa shape index (κ3) is 5.46. The van der Waals surface area contributed by atoms with Crippen LogP contribution in [0.15, 0.2) is 83.8 Å². The van der Waals surface area contributed by atoms with Crippen LogP contribution in [-0.2, 0) is 16.4 Å². The minimum Gasteiger partial charge on any atom is -0.478 e. The molecule has 0 saturated carbocycles. The number of nitrogens with one attached hydrogen (secondary N) is 2. The van der Waals surface area contributed by atoms with Crippen molar-refractivity contribution in [2.75, 3.05) is 11.9 Å². The topological polar surface area (TPSA) is 95.5 Å². The summed E-state index contributed by atoms with van der Waals surface area (Å²) in [7, 11) is -3.92. The molecule has 0 aliphatic rings. The number of anilines is 1. The first-order valence-electron chi connectivity index (χ1n) is 9.59. The van der Waals surface area contributed by atoms with Crippen molar-refractivity contribution in [3.63, 3.8) is 0 Å². The van der Waals surface area contributed by atoms with Gasteiger partial charge in [-0.05, 0) is 42.7 Å². The number of carbonyl (C=O) groups is 1. The molecule has 3 N–H and O–H groups in total. The Morgan fingerprint density at radius 3 is 2.23 bits per heavy atom. The molecule has 0 aromatic heterocycles. The highest BCUT2D eigenvalue weighted by molar-refractivity contribution is 7.89. The summed E-state index contributed by atoms with van der Waals surface area (Å²) < 4.78 is 28.6. The summed E-state index contributed by atoms with van der Waals surface area (Å²) in [5, 5.41) is 12.5. The quantitative estimate of drug-likeness (QED) is 0.481. The van der Waals surface area contributed by atoms with Gasteiger partial charge in [-0.25, -0.2) is 17.9 Å². The van der Waals surface area contributed by atoms with Gasteiger partial charge in [-0.15, -0.1) is 0 Å². The van der Waals surface area contributed by atoms with Crippen LogP contribution in [0.3, 0.4) is 0 Å². The van der Waals surface area contributed by atoms with Crippen LogP contribution >= 0.6 is 0 Å². The van der Waals surface area contributed by atoms with Crippen molar-refractivity contribution in [2.45, 2.75) is 24.3 Å². The van der Waals surface area contributed by atoms with E-state index in [0.717, 1.165) is 11.1 Å². The lowest BCUT2D eigenvalue weighted by Gasteiger charge is -2.19. The maximum absolute atomic E-state index is 13.0. The van der Waals surface area contributed by atoms with Gasteiger partial charge in [-0.1, -0.05) is 60.7 Å². The van der Waals surface area contributed by atoms with Crippen molar-refractivity contribution >= 4 is 21.7 Å². The van der Waals surface area contributed by atoms with Gasteiger partial charge >= 0.3 is 5.97 Å². The van der Waals surface area contributed by atoms with Crippen LogP contribution in [0.25, 0.3) is 0 Å². The van der Waals surface area contributed by atoms with E-state index in [9.17, 15) is 18.3 Å². The van der Waals surface area contributed by atoms with E-state index < -0.39 is 16.0 Å². The lowest BCUT2D eigenvalue weighted by atomic mass is 10.1. The minimum atomic E-state index is -3.92. The van der Waals surface area contributed by atoms with Gasteiger partial charge in [0.25, 0.3) is 0 Å². The van der Waals surface area contributed by atoms with Crippen LogP contribution in [0.5, 0.6) is 0 Å². The van der Waals surface area contributed by atoms with E-state index in [4.69, 9.17) is 0 Å². The molecule has 0 bridgehead atoms. The Labute approximate surface area is 176 Å². The fraction of sp³-hybridized carbons (Fsp3) is 0.174. The van der Waals surface area contributed by atoms with Gasteiger partial charge in [0, 0.05) is 12.6 Å². The summed E-state index contributed by atoms with van der Waals surface area (Å²) in [6.45, 7) is 2.12. The Kier molecular flexibility index (Phi) is 6.87. The number of carboxylic acids is 1. The summed E-state index contributed by atoms with van der Waals surface area (Å²) in [6, 6.07) is 23.1. The molecule has 0 heterocycles. The smallest absolute Gasteiger partial charge is 0.335 e. The van der Waals surface area contributed by atoms with Gasteiger partial charge < -0.3 is 10.4 Å². The van der Waals surface area contributed by atoms with E-state index in [-0.39, 0.29) is 23.0 Å². The molecule has 0 radical (unpaired) electrons. The second kappa shape index (κ2) is 9.56. The molecule has 0 aliphatic heterocycles. The van der Waals surface area contributed by atoms with E-state index in [1.165, 1.54) is 18.2 Å². The zero-order valence-corrected chi connectivity index (χ0v) is 17.4. The fourth-order valence-electron chi connectivity index (χ4n) is 3.11. The van der Waals surface area contributed by atoms with E-state index >= 15 is 0 Å². The third-order valence-corrected chi connectivity index (χ3v) is 6.24. The van der Waals surface area contributed by atoms with Crippen molar-refractivity contribution in [3.8, 4) is 0 Å². The molecule has 0 saturated heterocycles. The molecule has 0 aliphatic carbocycles. The van der Waals surface area contributed by atoms with Gasteiger partial charge in [0.05, 0.1) is 11.3 Å². The molecule has 0 amide bonds. The van der Waals surface area contributed by atoms with Crippen LogP contribution in [0.2, 0.25) is 0 Å². The highest BCUT2D eigenvalue weighted by atomic mass is 32.2. The first-order valence-corrected chi connectivity index (χ1v) is 11.1. The lowest BCUT2D eigenvalue weighted by Crippen LogP contribution is -2.27. The van der Waals surface area contributed by atoms with E-state index in [1.54, 1.807) is 0 Å². The zero-order chi connectivity index (χ0) is 21.6. The van der Waals surface area contributed by atoms with Crippen molar-refractivity contribution in [1.29, 1.82) is 0 Å². The van der Waals surface area contributed by atoms with Crippen molar-refractivity contribution in [3.05, 3.63) is 95.6 Å². The number of sulfonamides is 1. The molecule has 0 spiro atoms. The predicted molar refractivity (Wildman–Crippen MR) is 117 cm³/mol. The highest BCUT2D eigenvalue weighted by Crippen LogP contribution is 2.27. The van der Waals surface area contributed by atoms with Crippen LogP contribution in [-0.4, -0.2) is 26.0 Å². The Morgan fingerprint density at radius 1 is 0.967 bits per heavy atom. The van der Waals surface area contributed by atoms with E-state index in [1.807, 2.05) is 67.6 Å². The molecule has 3 aromatic rings. The third-order valence-electron chi connectivity index (χ3n) is 4.74. The van der Waals surface area contributed by atoms with Gasteiger partial charge in [-0.3, -0.25) is 0 Å². The van der Waals surface area contributed by atoms with Gasteiger partial charge in [-0.2, -0.15) is 0 Å². The monoisotopic (exact) mass is 424 g/mol. The molecule has 3 aromatic carbocycles. The number of hydrogen-bond donors (Lipinski definition) is 3. The Hall–Kier alpha value is -3.16. The minimum absolute atomic E-state index is 0.0850. The van der Waals surface area contributed by atoms with Crippen molar-refractivity contribution in [1.82, 2.24) is 4.72 Å². The normalized spacial score (nSPS) is 12.3. The van der Waals surface area contributed by atoms with Gasteiger partial charge in [0.2, 0.25) is 10.0 Å². The molecular formula is C23H24N2O4S. The van der Waals surface area contributed by atoms with E-state index in [2.05, 4.69) is 10.0 Å². The van der Waals surface area contributed by atoms with Crippen LogP contribution in [0.1, 0.15) is 34.5 Å². The molecule has 7 heteroatoms. The molecule has 6 nitrogen and oxygen atoms in total. The SMILES string of the molecule is C[C@@H](Nc1ccc(C(=O)O)cc1S(=O)(=O)NCCc1ccccc1)c1ccccc1. The van der Waals surface area contributed by atoms with Crippen LogP contribution < -0.4 is 10.0 Å². The molecule has 3 rings (SSSR count). The number of benzene rings is 3.